The summed E-state index contributed by atoms with van der Waals surface area (Å²) >= 11 is 6.34. The Hall–Kier alpha value is -1.91. The number of piperidine rings is 1. The molecule has 22 heavy (non-hydrogen) atoms. The summed E-state index contributed by atoms with van der Waals surface area (Å²) in [4.78, 5) is 4.88. The maximum Gasteiger partial charge on any atom is 0.0941 e. The molecule has 0 amide bonds. The SMILES string of the molecule is Clc1cccn2ncc(-c3cccc(C4CCCNC4)n3)c12. The van der Waals surface area contributed by atoms with Crippen molar-refractivity contribution in [2.75, 3.05) is 13.1 Å². The van der Waals surface area contributed by atoms with Gasteiger partial charge in [-0.2, -0.15) is 5.10 Å². The lowest BCUT2D eigenvalue weighted by molar-refractivity contribution is 0.455. The molecule has 0 radical (unpaired) electrons. The average Bonchev–Trinajstić information content (AvgIpc) is 3.01. The number of aromatic nitrogens is 3. The van der Waals surface area contributed by atoms with E-state index in [0.717, 1.165) is 35.6 Å². The van der Waals surface area contributed by atoms with Crippen molar-refractivity contribution < 1.29 is 0 Å². The van der Waals surface area contributed by atoms with Crippen LogP contribution >= 0.6 is 11.6 Å². The van der Waals surface area contributed by atoms with Crippen LogP contribution in [-0.2, 0) is 0 Å². The minimum Gasteiger partial charge on any atom is -0.316 e. The molecule has 1 aliphatic heterocycles. The summed E-state index contributed by atoms with van der Waals surface area (Å²) in [5.74, 6) is 0.492. The van der Waals surface area contributed by atoms with Gasteiger partial charge >= 0.3 is 0 Å². The Morgan fingerprint density at radius 1 is 1.23 bits per heavy atom. The molecule has 0 aromatic carbocycles. The van der Waals surface area contributed by atoms with E-state index in [2.05, 4.69) is 22.5 Å². The Morgan fingerprint density at radius 3 is 3.05 bits per heavy atom. The van der Waals surface area contributed by atoms with Crippen LogP contribution in [0.3, 0.4) is 0 Å². The Bertz CT molecular complexity index is 805. The molecule has 0 bridgehead atoms. The standard InChI is InChI=1S/C17H17ClN4/c18-14-5-3-9-22-17(14)13(11-20-22)16-7-1-6-15(21-16)12-4-2-8-19-10-12/h1,3,5-7,9,11-12,19H,2,4,8,10H2. The molecule has 1 unspecified atom stereocenters. The van der Waals surface area contributed by atoms with Crippen molar-refractivity contribution in [1.82, 2.24) is 19.9 Å². The van der Waals surface area contributed by atoms with Gasteiger partial charge in [0.05, 0.1) is 22.4 Å². The Kier molecular flexibility index (Phi) is 3.56. The fourth-order valence-electron chi connectivity index (χ4n) is 3.12. The first kappa shape index (κ1) is 13.7. The summed E-state index contributed by atoms with van der Waals surface area (Å²) in [6.45, 7) is 2.12. The van der Waals surface area contributed by atoms with Gasteiger partial charge in [-0.25, -0.2) is 4.52 Å². The fourth-order valence-corrected chi connectivity index (χ4v) is 3.38. The van der Waals surface area contributed by atoms with Gasteiger partial charge in [-0.1, -0.05) is 17.7 Å². The third kappa shape index (κ3) is 2.38. The quantitative estimate of drug-likeness (QED) is 0.787. The molecule has 1 saturated heterocycles. The third-order valence-corrected chi connectivity index (χ3v) is 4.56. The summed E-state index contributed by atoms with van der Waals surface area (Å²) in [5, 5.41) is 8.52. The van der Waals surface area contributed by atoms with Crippen molar-refractivity contribution in [2.45, 2.75) is 18.8 Å². The lowest BCUT2D eigenvalue weighted by Crippen LogP contribution is -2.28. The van der Waals surface area contributed by atoms with E-state index in [1.807, 2.05) is 30.6 Å². The molecule has 4 heterocycles. The molecule has 1 fully saturated rings. The van der Waals surface area contributed by atoms with E-state index in [-0.39, 0.29) is 0 Å². The van der Waals surface area contributed by atoms with Gasteiger partial charge in [0.15, 0.2) is 0 Å². The fraction of sp³-hybridized carbons (Fsp3) is 0.294. The minimum absolute atomic E-state index is 0.492. The number of fused-ring (bicyclic) bond motifs is 1. The molecule has 1 atom stereocenters. The first-order valence-electron chi connectivity index (χ1n) is 7.63. The number of halogens is 1. The largest absolute Gasteiger partial charge is 0.316 e. The van der Waals surface area contributed by atoms with Gasteiger partial charge < -0.3 is 5.32 Å². The molecule has 0 aliphatic carbocycles. The van der Waals surface area contributed by atoms with Crippen LogP contribution in [0.1, 0.15) is 24.5 Å². The van der Waals surface area contributed by atoms with Crippen LogP contribution in [0.15, 0.2) is 42.7 Å². The van der Waals surface area contributed by atoms with Crippen LogP contribution < -0.4 is 5.32 Å². The zero-order valence-corrected chi connectivity index (χ0v) is 12.9. The van der Waals surface area contributed by atoms with Crippen molar-refractivity contribution in [1.29, 1.82) is 0 Å². The molecule has 1 aliphatic rings. The van der Waals surface area contributed by atoms with Crippen LogP contribution in [0.4, 0.5) is 0 Å². The Labute approximate surface area is 134 Å². The predicted molar refractivity (Wildman–Crippen MR) is 88.3 cm³/mol. The molecule has 112 valence electrons. The van der Waals surface area contributed by atoms with Gasteiger partial charge in [0.2, 0.25) is 0 Å². The highest BCUT2D eigenvalue weighted by Gasteiger charge is 2.18. The second kappa shape index (κ2) is 5.71. The summed E-state index contributed by atoms with van der Waals surface area (Å²) in [5.41, 5.74) is 3.98. The van der Waals surface area contributed by atoms with Crippen LogP contribution in [0, 0.1) is 0 Å². The van der Waals surface area contributed by atoms with Crippen LogP contribution in [0.2, 0.25) is 5.02 Å². The summed E-state index contributed by atoms with van der Waals surface area (Å²) in [7, 11) is 0. The van der Waals surface area contributed by atoms with Crippen LogP contribution in [-0.4, -0.2) is 27.7 Å². The van der Waals surface area contributed by atoms with Crippen LogP contribution in [0.25, 0.3) is 16.8 Å². The highest BCUT2D eigenvalue weighted by Crippen LogP contribution is 2.30. The molecule has 3 aromatic heterocycles. The van der Waals surface area contributed by atoms with E-state index in [9.17, 15) is 0 Å². The van der Waals surface area contributed by atoms with Crippen molar-refractivity contribution in [2.24, 2.45) is 0 Å². The van der Waals surface area contributed by atoms with E-state index in [1.165, 1.54) is 12.8 Å². The number of nitrogens with zero attached hydrogens (tertiary/aromatic N) is 3. The number of rotatable bonds is 2. The van der Waals surface area contributed by atoms with Crippen LogP contribution in [0.5, 0.6) is 0 Å². The predicted octanol–water partition coefficient (Wildman–Crippen LogP) is 3.52. The van der Waals surface area contributed by atoms with Crippen molar-refractivity contribution in [3.63, 3.8) is 0 Å². The monoisotopic (exact) mass is 312 g/mol. The smallest absolute Gasteiger partial charge is 0.0941 e. The van der Waals surface area contributed by atoms with E-state index >= 15 is 0 Å². The maximum absolute atomic E-state index is 6.34. The summed E-state index contributed by atoms with van der Waals surface area (Å²) in [6, 6.07) is 10.0. The lowest BCUT2D eigenvalue weighted by Gasteiger charge is -2.22. The maximum atomic E-state index is 6.34. The Morgan fingerprint density at radius 2 is 2.18 bits per heavy atom. The molecule has 4 nitrogen and oxygen atoms in total. The Balaban J connectivity index is 1.78. The first-order valence-corrected chi connectivity index (χ1v) is 8.00. The summed E-state index contributed by atoms with van der Waals surface area (Å²) < 4.78 is 1.80. The van der Waals surface area contributed by atoms with E-state index in [4.69, 9.17) is 16.6 Å². The zero-order chi connectivity index (χ0) is 14.9. The van der Waals surface area contributed by atoms with Gasteiger partial charge in [-0.05, 0) is 43.7 Å². The van der Waals surface area contributed by atoms with Gasteiger partial charge in [0.25, 0.3) is 0 Å². The average molecular weight is 313 g/mol. The van der Waals surface area contributed by atoms with Crippen molar-refractivity contribution in [3.05, 3.63) is 53.4 Å². The van der Waals surface area contributed by atoms with Gasteiger partial charge in [0.1, 0.15) is 0 Å². The number of nitrogens with one attached hydrogen (secondary N) is 1. The molecule has 0 spiro atoms. The van der Waals surface area contributed by atoms with E-state index in [1.54, 1.807) is 4.52 Å². The summed E-state index contributed by atoms with van der Waals surface area (Å²) in [6.07, 6.45) is 6.14. The zero-order valence-electron chi connectivity index (χ0n) is 12.2. The van der Waals surface area contributed by atoms with Crippen molar-refractivity contribution >= 4 is 17.1 Å². The van der Waals surface area contributed by atoms with E-state index < -0.39 is 0 Å². The topological polar surface area (TPSA) is 42.2 Å². The number of hydrogen-bond donors (Lipinski definition) is 1. The first-order chi connectivity index (χ1) is 10.8. The molecular weight excluding hydrogens is 296 g/mol. The second-order valence-electron chi connectivity index (χ2n) is 5.70. The van der Waals surface area contributed by atoms with E-state index in [0.29, 0.717) is 10.9 Å². The highest BCUT2D eigenvalue weighted by atomic mass is 35.5. The second-order valence-corrected chi connectivity index (χ2v) is 6.11. The van der Waals surface area contributed by atoms with Gasteiger partial charge in [-0.15, -0.1) is 0 Å². The third-order valence-electron chi connectivity index (χ3n) is 4.25. The molecule has 4 rings (SSSR count). The molecule has 1 N–H and O–H groups in total. The molecule has 5 heteroatoms. The van der Waals surface area contributed by atoms with Gasteiger partial charge in [0, 0.05) is 29.9 Å². The van der Waals surface area contributed by atoms with Gasteiger partial charge in [-0.3, -0.25) is 4.98 Å². The highest BCUT2D eigenvalue weighted by molar-refractivity contribution is 6.34. The minimum atomic E-state index is 0.492. The lowest BCUT2D eigenvalue weighted by atomic mass is 9.95. The normalized spacial score (nSPS) is 18.7. The molecule has 3 aromatic rings. The number of hydrogen-bond acceptors (Lipinski definition) is 3. The van der Waals surface area contributed by atoms with Crippen molar-refractivity contribution in [3.8, 4) is 11.3 Å². The molecule has 0 saturated carbocycles. The number of pyridine rings is 2. The molecular formula is C17H17ClN4.